The molecule has 0 aliphatic heterocycles. The van der Waals surface area contributed by atoms with E-state index in [-0.39, 0.29) is 12.0 Å². The fourth-order valence-electron chi connectivity index (χ4n) is 2.31. The van der Waals surface area contributed by atoms with Gasteiger partial charge in [-0.05, 0) is 42.7 Å². The van der Waals surface area contributed by atoms with Crippen LogP contribution >= 0.6 is 0 Å². The molecule has 1 aromatic rings. The Labute approximate surface area is 122 Å². The van der Waals surface area contributed by atoms with E-state index >= 15 is 0 Å². The van der Waals surface area contributed by atoms with Crippen LogP contribution in [0.15, 0.2) is 42.0 Å². The van der Waals surface area contributed by atoms with E-state index < -0.39 is 17.4 Å². The molecule has 1 aromatic carbocycles. The van der Waals surface area contributed by atoms with Gasteiger partial charge in [0.1, 0.15) is 5.75 Å². The first kappa shape index (κ1) is 14.8. The third-order valence-electron chi connectivity index (χ3n) is 3.53. The Morgan fingerprint density at radius 1 is 1.29 bits per heavy atom. The predicted octanol–water partition coefficient (Wildman–Crippen LogP) is 2.58. The van der Waals surface area contributed by atoms with Crippen molar-refractivity contribution in [3.63, 3.8) is 0 Å². The van der Waals surface area contributed by atoms with Gasteiger partial charge in [0.05, 0.1) is 12.5 Å². The molecule has 1 unspecified atom stereocenters. The first-order valence-corrected chi connectivity index (χ1v) is 6.40. The Balaban J connectivity index is 2.54. The van der Waals surface area contributed by atoms with Crippen molar-refractivity contribution in [2.75, 3.05) is 7.11 Å². The minimum atomic E-state index is -1.24. The summed E-state index contributed by atoms with van der Waals surface area (Å²) < 4.78 is 5.14. The number of carboxylic acids is 2. The third kappa shape index (κ3) is 2.97. The van der Waals surface area contributed by atoms with Gasteiger partial charge in [0.2, 0.25) is 0 Å². The molecule has 1 aliphatic rings. The van der Waals surface area contributed by atoms with Crippen LogP contribution in [0.25, 0.3) is 5.57 Å². The summed E-state index contributed by atoms with van der Waals surface area (Å²) in [5.41, 5.74) is 0.142. The lowest BCUT2D eigenvalue weighted by atomic mass is 9.76. The van der Waals surface area contributed by atoms with Crippen LogP contribution in [-0.2, 0) is 9.59 Å². The highest BCUT2D eigenvalue weighted by Crippen LogP contribution is 2.38. The van der Waals surface area contributed by atoms with Crippen molar-refractivity contribution in [1.29, 1.82) is 0 Å². The Bertz CT molecular complexity index is 656. The molecular weight excluding hydrogens is 272 g/mol. The summed E-state index contributed by atoms with van der Waals surface area (Å²) in [6.07, 6.45) is 3.07. The van der Waals surface area contributed by atoms with Crippen LogP contribution < -0.4 is 4.74 Å². The number of ether oxygens (including phenoxy) is 1. The minimum Gasteiger partial charge on any atom is -0.497 e. The van der Waals surface area contributed by atoms with Gasteiger partial charge in [0, 0.05) is 5.57 Å². The van der Waals surface area contributed by atoms with Crippen molar-refractivity contribution in [2.24, 2.45) is 5.41 Å². The van der Waals surface area contributed by atoms with E-state index in [0.717, 1.165) is 5.56 Å². The molecule has 110 valence electrons. The largest absolute Gasteiger partial charge is 0.497 e. The smallest absolute Gasteiger partial charge is 0.331 e. The molecule has 0 amide bonds. The normalized spacial score (nSPS) is 21.2. The molecule has 0 heterocycles. The van der Waals surface area contributed by atoms with Gasteiger partial charge in [-0.25, -0.2) is 4.79 Å². The Kier molecular flexibility index (Phi) is 3.84. The van der Waals surface area contributed by atoms with Gasteiger partial charge in [-0.1, -0.05) is 18.2 Å². The summed E-state index contributed by atoms with van der Waals surface area (Å²) in [5.74, 6) is -1.52. The SMILES string of the molecule is COc1cccc(C2=CC(C)(C(=O)O)CC(C(=O)O)=C2)c1. The van der Waals surface area contributed by atoms with Crippen molar-refractivity contribution in [3.05, 3.63) is 47.6 Å². The molecular formula is C16H16O5. The predicted molar refractivity (Wildman–Crippen MR) is 77.0 cm³/mol. The Morgan fingerprint density at radius 2 is 2.00 bits per heavy atom. The second-order valence-electron chi connectivity index (χ2n) is 5.21. The molecule has 0 saturated carbocycles. The molecule has 0 spiro atoms. The van der Waals surface area contributed by atoms with Crippen molar-refractivity contribution < 1.29 is 24.5 Å². The molecule has 0 aromatic heterocycles. The molecule has 1 atom stereocenters. The number of carbonyl (C=O) groups is 2. The maximum atomic E-state index is 11.5. The van der Waals surface area contributed by atoms with E-state index in [0.29, 0.717) is 11.3 Å². The van der Waals surface area contributed by atoms with Crippen LogP contribution in [0.4, 0.5) is 0 Å². The second-order valence-corrected chi connectivity index (χ2v) is 5.21. The lowest BCUT2D eigenvalue weighted by Crippen LogP contribution is -2.29. The average molecular weight is 288 g/mol. The van der Waals surface area contributed by atoms with Crippen LogP contribution in [0, 0.1) is 5.41 Å². The zero-order valence-corrected chi connectivity index (χ0v) is 11.8. The lowest BCUT2D eigenvalue weighted by Gasteiger charge is -2.26. The number of carboxylic acid groups (broad SMARTS) is 2. The molecule has 5 heteroatoms. The monoisotopic (exact) mass is 288 g/mol. The number of benzene rings is 1. The summed E-state index contributed by atoms with van der Waals surface area (Å²) >= 11 is 0. The van der Waals surface area contributed by atoms with Crippen molar-refractivity contribution in [2.45, 2.75) is 13.3 Å². The maximum Gasteiger partial charge on any atom is 0.331 e. The standard InChI is InChI=1S/C16H16O5/c1-16(15(19)20)8-11(6-12(9-16)14(17)18)10-4-3-5-13(7-10)21-2/h3-8H,9H2,1-2H3,(H,17,18)(H,19,20). The van der Waals surface area contributed by atoms with Crippen LogP contribution in [0.1, 0.15) is 18.9 Å². The summed E-state index contributed by atoms with van der Waals surface area (Å²) in [5, 5.41) is 18.6. The highest BCUT2D eigenvalue weighted by Gasteiger charge is 2.36. The molecule has 0 radical (unpaired) electrons. The Morgan fingerprint density at radius 3 is 2.57 bits per heavy atom. The molecule has 0 saturated heterocycles. The van der Waals surface area contributed by atoms with Crippen LogP contribution in [-0.4, -0.2) is 29.3 Å². The highest BCUT2D eigenvalue weighted by molar-refractivity contribution is 5.96. The van der Waals surface area contributed by atoms with E-state index in [1.807, 2.05) is 0 Å². The van der Waals surface area contributed by atoms with Crippen LogP contribution in [0.2, 0.25) is 0 Å². The first-order chi connectivity index (χ1) is 9.85. The van der Waals surface area contributed by atoms with E-state index in [2.05, 4.69) is 0 Å². The molecule has 0 fully saturated rings. The number of hydrogen-bond donors (Lipinski definition) is 2. The molecule has 21 heavy (non-hydrogen) atoms. The molecule has 2 N–H and O–H groups in total. The molecule has 5 nitrogen and oxygen atoms in total. The van der Waals surface area contributed by atoms with Gasteiger partial charge in [-0.3, -0.25) is 4.79 Å². The van der Waals surface area contributed by atoms with Gasteiger partial charge >= 0.3 is 11.9 Å². The zero-order valence-electron chi connectivity index (χ0n) is 11.8. The van der Waals surface area contributed by atoms with E-state index in [4.69, 9.17) is 4.74 Å². The van der Waals surface area contributed by atoms with Crippen molar-refractivity contribution in [3.8, 4) is 5.75 Å². The minimum absolute atomic E-state index is 0.0366. The molecule has 0 bridgehead atoms. The number of allylic oxidation sites excluding steroid dienone is 2. The Hall–Kier alpha value is -2.56. The first-order valence-electron chi connectivity index (χ1n) is 6.40. The van der Waals surface area contributed by atoms with E-state index in [1.165, 1.54) is 20.1 Å². The lowest BCUT2D eigenvalue weighted by molar-refractivity contribution is -0.145. The molecule has 2 rings (SSSR count). The van der Waals surface area contributed by atoms with Gasteiger partial charge in [-0.15, -0.1) is 0 Å². The van der Waals surface area contributed by atoms with Crippen LogP contribution in [0.5, 0.6) is 5.75 Å². The maximum absolute atomic E-state index is 11.5. The van der Waals surface area contributed by atoms with Gasteiger partial charge in [0.15, 0.2) is 0 Å². The fraction of sp³-hybridized carbons (Fsp3) is 0.250. The van der Waals surface area contributed by atoms with Crippen molar-refractivity contribution >= 4 is 17.5 Å². The number of hydrogen-bond acceptors (Lipinski definition) is 3. The summed E-state index contributed by atoms with van der Waals surface area (Å²) in [6.45, 7) is 1.52. The van der Waals surface area contributed by atoms with E-state index in [9.17, 15) is 19.8 Å². The zero-order chi connectivity index (χ0) is 15.6. The number of methoxy groups -OCH3 is 1. The number of rotatable bonds is 4. The highest BCUT2D eigenvalue weighted by atomic mass is 16.5. The number of aliphatic carboxylic acids is 2. The third-order valence-corrected chi connectivity index (χ3v) is 3.53. The quantitative estimate of drug-likeness (QED) is 0.889. The van der Waals surface area contributed by atoms with Gasteiger partial charge in [-0.2, -0.15) is 0 Å². The summed E-state index contributed by atoms with van der Waals surface area (Å²) in [7, 11) is 1.54. The van der Waals surface area contributed by atoms with Gasteiger partial charge in [0.25, 0.3) is 0 Å². The summed E-state index contributed by atoms with van der Waals surface area (Å²) in [4.78, 5) is 22.7. The van der Waals surface area contributed by atoms with Gasteiger partial charge < -0.3 is 14.9 Å². The van der Waals surface area contributed by atoms with Crippen molar-refractivity contribution in [1.82, 2.24) is 0 Å². The summed E-state index contributed by atoms with van der Waals surface area (Å²) in [6, 6.07) is 7.08. The topological polar surface area (TPSA) is 83.8 Å². The average Bonchev–Trinajstić information content (AvgIpc) is 2.46. The molecule has 1 aliphatic carbocycles. The fourth-order valence-corrected chi connectivity index (χ4v) is 2.31. The van der Waals surface area contributed by atoms with E-state index in [1.54, 1.807) is 30.3 Å². The second kappa shape index (κ2) is 5.44. The van der Waals surface area contributed by atoms with Crippen LogP contribution in [0.3, 0.4) is 0 Å².